The zero-order valence-electron chi connectivity index (χ0n) is 13.4. The number of aromatic amines is 1. The minimum atomic E-state index is -0.366. The van der Waals surface area contributed by atoms with Gasteiger partial charge in [-0.15, -0.1) is 0 Å². The van der Waals surface area contributed by atoms with Gasteiger partial charge in [0.2, 0.25) is 0 Å². The van der Waals surface area contributed by atoms with Crippen molar-refractivity contribution in [3.63, 3.8) is 0 Å². The molecule has 6 nitrogen and oxygen atoms in total. The maximum absolute atomic E-state index is 12.1. The van der Waals surface area contributed by atoms with Crippen molar-refractivity contribution in [3.05, 3.63) is 70.3 Å². The molecule has 0 aliphatic carbocycles. The molecule has 1 amide bonds. The molecule has 0 saturated heterocycles. The van der Waals surface area contributed by atoms with E-state index in [1.54, 1.807) is 19.4 Å². The number of carbonyl (C=O) groups excluding carboxylic acids is 1. The van der Waals surface area contributed by atoms with E-state index in [0.717, 1.165) is 21.3 Å². The van der Waals surface area contributed by atoms with Crippen molar-refractivity contribution < 1.29 is 9.53 Å². The van der Waals surface area contributed by atoms with E-state index in [1.165, 1.54) is 0 Å². The van der Waals surface area contributed by atoms with Gasteiger partial charge in [-0.2, -0.15) is 10.2 Å². The third-order valence-electron chi connectivity index (χ3n) is 3.44. The van der Waals surface area contributed by atoms with E-state index in [2.05, 4.69) is 36.7 Å². The molecule has 2 N–H and O–H groups in total. The van der Waals surface area contributed by atoms with Crippen LogP contribution in [0.1, 0.15) is 16.1 Å². The smallest absolute Gasteiger partial charge is 0.289 e. The molecule has 1 aromatic heterocycles. The molecular formula is C18H15BrN4O2. The van der Waals surface area contributed by atoms with E-state index < -0.39 is 0 Å². The Bertz CT molecular complexity index is 903. The summed E-state index contributed by atoms with van der Waals surface area (Å²) in [6.45, 7) is 0. The van der Waals surface area contributed by atoms with Crippen molar-refractivity contribution in [2.75, 3.05) is 7.11 Å². The Balaban J connectivity index is 1.65. The summed E-state index contributed by atoms with van der Waals surface area (Å²) in [5.41, 5.74) is 5.23. The van der Waals surface area contributed by atoms with Crippen molar-refractivity contribution in [2.45, 2.75) is 0 Å². The van der Waals surface area contributed by atoms with E-state index >= 15 is 0 Å². The molecule has 2 aromatic carbocycles. The second-order valence-electron chi connectivity index (χ2n) is 5.15. The lowest BCUT2D eigenvalue weighted by atomic mass is 10.1. The third kappa shape index (κ3) is 4.33. The summed E-state index contributed by atoms with van der Waals surface area (Å²) in [5.74, 6) is 0.359. The number of H-pyrrole nitrogens is 1. The van der Waals surface area contributed by atoms with Crippen LogP contribution in [0, 0.1) is 0 Å². The Morgan fingerprint density at radius 1 is 1.24 bits per heavy atom. The number of hydrogen-bond donors (Lipinski definition) is 2. The largest absolute Gasteiger partial charge is 0.497 e. The summed E-state index contributed by atoms with van der Waals surface area (Å²) in [6.07, 6.45) is 1.55. The number of halogens is 1. The zero-order valence-corrected chi connectivity index (χ0v) is 14.9. The lowest BCUT2D eigenvalue weighted by molar-refractivity contribution is 0.0950. The van der Waals surface area contributed by atoms with E-state index in [1.807, 2.05) is 48.5 Å². The number of ether oxygens (including phenoxy) is 1. The molecular weight excluding hydrogens is 384 g/mol. The van der Waals surface area contributed by atoms with Crippen molar-refractivity contribution in [2.24, 2.45) is 5.10 Å². The predicted molar refractivity (Wildman–Crippen MR) is 99.8 cm³/mol. The van der Waals surface area contributed by atoms with Crippen molar-refractivity contribution in [1.29, 1.82) is 0 Å². The van der Waals surface area contributed by atoms with Gasteiger partial charge in [0.1, 0.15) is 11.4 Å². The second kappa shape index (κ2) is 7.76. The highest BCUT2D eigenvalue weighted by Crippen LogP contribution is 2.20. The van der Waals surface area contributed by atoms with Crippen molar-refractivity contribution in [3.8, 4) is 17.0 Å². The Hall–Kier alpha value is -2.93. The maximum atomic E-state index is 12.1. The summed E-state index contributed by atoms with van der Waals surface area (Å²) in [5, 5.41) is 10.8. The highest BCUT2D eigenvalue weighted by molar-refractivity contribution is 9.10. The SMILES string of the molecule is COc1cccc(/C=N\NC(=O)c2cc(-c3ccc(Br)cc3)n[nH]2)c1. The summed E-state index contributed by atoms with van der Waals surface area (Å²) < 4.78 is 6.12. The van der Waals surface area contributed by atoms with Crippen LogP contribution in [0.3, 0.4) is 0 Å². The summed E-state index contributed by atoms with van der Waals surface area (Å²) in [6, 6.07) is 16.7. The fourth-order valence-corrected chi connectivity index (χ4v) is 2.42. The highest BCUT2D eigenvalue weighted by Gasteiger charge is 2.10. The van der Waals surface area contributed by atoms with Crippen LogP contribution in [0.15, 0.2) is 64.2 Å². The van der Waals surface area contributed by atoms with Gasteiger partial charge < -0.3 is 4.74 Å². The molecule has 0 saturated carbocycles. The minimum absolute atomic E-state index is 0.334. The van der Waals surface area contributed by atoms with Crippen LogP contribution in [0.5, 0.6) is 5.75 Å². The lowest BCUT2D eigenvalue weighted by Crippen LogP contribution is -2.18. The standard InChI is InChI=1S/C18H15BrN4O2/c1-25-15-4-2-3-12(9-15)11-20-23-18(24)17-10-16(21-22-17)13-5-7-14(19)8-6-13/h2-11H,1H3,(H,21,22)(H,23,24)/b20-11-. The monoisotopic (exact) mass is 398 g/mol. The quantitative estimate of drug-likeness (QED) is 0.508. The molecule has 0 spiro atoms. The Labute approximate surface area is 153 Å². The molecule has 0 aliphatic heterocycles. The Morgan fingerprint density at radius 3 is 2.80 bits per heavy atom. The summed E-state index contributed by atoms with van der Waals surface area (Å²) in [7, 11) is 1.60. The van der Waals surface area contributed by atoms with Gasteiger partial charge in [-0.25, -0.2) is 5.43 Å². The topological polar surface area (TPSA) is 79.4 Å². The molecule has 3 aromatic rings. The van der Waals surface area contributed by atoms with E-state index in [9.17, 15) is 4.79 Å². The molecule has 0 fully saturated rings. The zero-order chi connectivity index (χ0) is 17.6. The lowest BCUT2D eigenvalue weighted by Gasteiger charge is -2.00. The van der Waals surface area contributed by atoms with E-state index in [4.69, 9.17) is 4.74 Å². The van der Waals surface area contributed by atoms with E-state index in [0.29, 0.717) is 11.4 Å². The van der Waals surface area contributed by atoms with Crippen LogP contribution in [-0.4, -0.2) is 29.4 Å². The van der Waals surface area contributed by atoms with Crippen LogP contribution in [0.4, 0.5) is 0 Å². The number of carbonyl (C=O) groups is 1. The van der Waals surface area contributed by atoms with Crippen LogP contribution < -0.4 is 10.2 Å². The first-order chi connectivity index (χ1) is 12.2. The summed E-state index contributed by atoms with van der Waals surface area (Å²) >= 11 is 3.39. The number of methoxy groups -OCH3 is 1. The molecule has 0 aliphatic rings. The summed E-state index contributed by atoms with van der Waals surface area (Å²) in [4.78, 5) is 12.1. The molecule has 1 heterocycles. The molecule has 25 heavy (non-hydrogen) atoms. The van der Waals surface area contributed by atoms with Crippen molar-refractivity contribution in [1.82, 2.24) is 15.6 Å². The van der Waals surface area contributed by atoms with Gasteiger partial charge in [-0.05, 0) is 35.9 Å². The fraction of sp³-hybridized carbons (Fsp3) is 0.0556. The average Bonchev–Trinajstić information content (AvgIpc) is 3.12. The van der Waals surface area contributed by atoms with Gasteiger partial charge >= 0.3 is 0 Å². The van der Waals surface area contributed by atoms with Crippen LogP contribution in [0.25, 0.3) is 11.3 Å². The second-order valence-corrected chi connectivity index (χ2v) is 6.07. The fourth-order valence-electron chi connectivity index (χ4n) is 2.15. The molecule has 126 valence electrons. The van der Waals surface area contributed by atoms with Gasteiger partial charge in [-0.1, -0.05) is 40.2 Å². The first-order valence-electron chi connectivity index (χ1n) is 7.44. The van der Waals surface area contributed by atoms with Crippen molar-refractivity contribution >= 4 is 28.1 Å². The molecule has 0 bridgehead atoms. The van der Waals surface area contributed by atoms with Gasteiger partial charge in [0.15, 0.2) is 0 Å². The maximum Gasteiger partial charge on any atom is 0.289 e. The Kier molecular flexibility index (Phi) is 5.25. The number of hydrogen-bond acceptors (Lipinski definition) is 4. The molecule has 0 atom stereocenters. The number of benzene rings is 2. The number of aromatic nitrogens is 2. The van der Waals surface area contributed by atoms with E-state index in [-0.39, 0.29) is 5.91 Å². The van der Waals surface area contributed by atoms with Crippen LogP contribution in [-0.2, 0) is 0 Å². The normalized spacial score (nSPS) is 10.8. The highest BCUT2D eigenvalue weighted by atomic mass is 79.9. The first-order valence-corrected chi connectivity index (χ1v) is 8.24. The third-order valence-corrected chi connectivity index (χ3v) is 3.96. The first kappa shape index (κ1) is 16.9. The molecule has 7 heteroatoms. The number of hydrazone groups is 1. The number of rotatable bonds is 5. The van der Waals surface area contributed by atoms with Gasteiger partial charge in [-0.3, -0.25) is 9.89 Å². The van der Waals surface area contributed by atoms with Crippen LogP contribution in [0.2, 0.25) is 0 Å². The predicted octanol–water partition coefficient (Wildman–Crippen LogP) is 3.61. The number of nitrogens with zero attached hydrogens (tertiary/aromatic N) is 2. The van der Waals surface area contributed by atoms with Gasteiger partial charge in [0, 0.05) is 10.0 Å². The van der Waals surface area contributed by atoms with Crippen LogP contribution >= 0.6 is 15.9 Å². The molecule has 0 radical (unpaired) electrons. The number of amides is 1. The Morgan fingerprint density at radius 2 is 2.04 bits per heavy atom. The molecule has 3 rings (SSSR count). The van der Waals surface area contributed by atoms with Gasteiger partial charge in [0.05, 0.1) is 19.0 Å². The molecule has 0 unspecified atom stereocenters. The average molecular weight is 399 g/mol. The van der Waals surface area contributed by atoms with Gasteiger partial charge in [0.25, 0.3) is 5.91 Å². The number of nitrogens with one attached hydrogen (secondary N) is 2. The minimum Gasteiger partial charge on any atom is -0.497 e.